The number of nitrogens with one attached hydrogen (secondary N) is 1. The summed E-state index contributed by atoms with van der Waals surface area (Å²) < 4.78 is 0. The molecule has 2 nitrogen and oxygen atoms in total. The van der Waals surface area contributed by atoms with E-state index >= 15 is 0 Å². The van der Waals surface area contributed by atoms with Gasteiger partial charge < -0.3 is 4.98 Å². The molecule has 21 heavy (non-hydrogen) atoms. The van der Waals surface area contributed by atoms with E-state index in [0.717, 1.165) is 23.1 Å². The SMILES string of the molecule is O=c1[nH]cc(Cc2ccccc2)cc1Cc1ccccc1. The molecule has 1 heterocycles. The molecule has 3 aromatic rings. The molecule has 0 aliphatic heterocycles. The molecule has 2 aromatic carbocycles. The Bertz CT molecular complexity index is 760. The Morgan fingerprint density at radius 3 is 1.90 bits per heavy atom. The predicted octanol–water partition coefficient (Wildman–Crippen LogP) is 3.56. The minimum Gasteiger partial charge on any atom is -0.329 e. The van der Waals surface area contributed by atoms with Crippen LogP contribution in [0.3, 0.4) is 0 Å². The van der Waals surface area contributed by atoms with E-state index in [2.05, 4.69) is 17.1 Å². The van der Waals surface area contributed by atoms with Gasteiger partial charge in [-0.15, -0.1) is 0 Å². The highest BCUT2D eigenvalue weighted by Gasteiger charge is 2.04. The Hall–Kier alpha value is -2.61. The average molecular weight is 275 g/mol. The number of aromatic amines is 1. The fourth-order valence-electron chi connectivity index (χ4n) is 2.46. The van der Waals surface area contributed by atoms with Crippen molar-refractivity contribution in [3.05, 3.63) is 106 Å². The minimum absolute atomic E-state index is 0.00401. The summed E-state index contributed by atoms with van der Waals surface area (Å²) in [5.41, 5.74) is 4.34. The minimum atomic E-state index is -0.00401. The third-order valence-corrected chi connectivity index (χ3v) is 3.53. The first-order valence-corrected chi connectivity index (χ1v) is 7.09. The van der Waals surface area contributed by atoms with E-state index in [1.54, 1.807) is 0 Å². The molecule has 1 aromatic heterocycles. The molecule has 0 atom stereocenters. The number of benzene rings is 2. The van der Waals surface area contributed by atoms with Crippen LogP contribution in [-0.4, -0.2) is 4.98 Å². The first kappa shape index (κ1) is 13.4. The first-order chi connectivity index (χ1) is 10.3. The van der Waals surface area contributed by atoms with Crippen molar-refractivity contribution < 1.29 is 0 Å². The quantitative estimate of drug-likeness (QED) is 0.776. The van der Waals surface area contributed by atoms with Crippen LogP contribution in [0.25, 0.3) is 0 Å². The smallest absolute Gasteiger partial charge is 0.251 e. The van der Waals surface area contributed by atoms with Gasteiger partial charge in [0, 0.05) is 18.2 Å². The zero-order valence-electron chi connectivity index (χ0n) is 11.8. The maximum atomic E-state index is 12.0. The Morgan fingerprint density at radius 2 is 1.29 bits per heavy atom. The molecule has 0 amide bonds. The third kappa shape index (κ3) is 3.48. The zero-order chi connectivity index (χ0) is 14.5. The van der Waals surface area contributed by atoms with Gasteiger partial charge in [0.15, 0.2) is 0 Å². The van der Waals surface area contributed by atoms with Gasteiger partial charge in [-0.2, -0.15) is 0 Å². The molecule has 0 spiro atoms. The standard InChI is InChI=1S/C19H17NO/c21-19-18(12-16-9-5-2-6-10-16)13-17(14-20-19)11-15-7-3-1-4-8-15/h1-10,13-14H,11-12H2,(H,20,21). The van der Waals surface area contributed by atoms with Crippen molar-refractivity contribution in [2.45, 2.75) is 12.8 Å². The average Bonchev–Trinajstić information content (AvgIpc) is 2.53. The summed E-state index contributed by atoms with van der Waals surface area (Å²) in [4.78, 5) is 14.8. The molecule has 0 bridgehead atoms. The summed E-state index contributed by atoms with van der Waals surface area (Å²) in [5.74, 6) is 0. The topological polar surface area (TPSA) is 32.9 Å². The number of aromatic nitrogens is 1. The van der Waals surface area contributed by atoms with Crippen LogP contribution in [0.4, 0.5) is 0 Å². The van der Waals surface area contributed by atoms with Crippen LogP contribution in [-0.2, 0) is 12.8 Å². The Balaban J connectivity index is 1.85. The maximum absolute atomic E-state index is 12.0. The van der Waals surface area contributed by atoms with Gasteiger partial charge in [0.25, 0.3) is 5.56 Å². The summed E-state index contributed by atoms with van der Waals surface area (Å²) in [7, 11) is 0. The Morgan fingerprint density at radius 1 is 0.714 bits per heavy atom. The number of hydrogen-bond donors (Lipinski definition) is 1. The first-order valence-electron chi connectivity index (χ1n) is 7.09. The molecule has 1 N–H and O–H groups in total. The van der Waals surface area contributed by atoms with Crippen LogP contribution in [0.2, 0.25) is 0 Å². The highest BCUT2D eigenvalue weighted by atomic mass is 16.1. The lowest BCUT2D eigenvalue weighted by atomic mass is 10.0. The van der Waals surface area contributed by atoms with E-state index in [-0.39, 0.29) is 5.56 Å². The second-order valence-electron chi connectivity index (χ2n) is 5.19. The van der Waals surface area contributed by atoms with E-state index in [1.807, 2.05) is 60.8 Å². The lowest BCUT2D eigenvalue weighted by Gasteiger charge is -2.05. The number of hydrogen-bond acceptors (Lipinski definition) is 1. The van der Waals surface area contributed by atoms with Crippen molar-refractivity contribution in [3.63, 3.8) is 0 Å². The number of rotatable bonds is 4. The molecule has 0 unspecified atom stereocenters. The molecule has 0 radical (unpaired) electrons. The fraction of sp³-hybridized carbons (Fsp3) is 0.105. The van der Waals surface area contributed by atoms with Gasteiger partial charge in [-0.05, 0) is 29.2 Å². The molecule has 0 aliphatic rings. The number of H-pyrrole nitrogens is 1. The van der Waals surface area contributed by atoms with Crippen molar-refractivity contribution in [1.29, 1.82) is 0 Å². The molecule has 2 heteroatoms. The molecule has 0 aliphatic carbocycles. The highest BCUT2D eigenvalue weighted by Crippen LogP contribution is 2.11. The lowest BCUT2D eigenvalue weighted by Crippen LogP contribution is -2.13. The summed E-state index contributed by atoms with van der Waals surface area (Å²) >= 11 is 0. The monoisotopic (exact) mass is 275 g/mol. The summed E-state index contributed by atoms with van der Waals surface area (Å²) in [6.07, 6.45) is 3.31. The third-order valence-electron chi connectivity index (χ3n) is 3.53. The van der Waals surface area contributed by atoms with Crippen LogP contribution in [0.1, 0.15) is 22.3 Å². The maximum Gasteiger partial charge on any atom is 0.251 e. The molecular formula is C19H17NO. The van der Waals surface area contributed by atoms with Crippen LogP contribution in [0.15, 0.2) is 77.7 Å². The van der Waals surface area contributed by atoms with Gasteiger partial charge >= 0.3 is 0 Å². The molecule has 3 rings (SSSR count). The fourth-order valence-corrected chi connectivity index (χ4v) is 2.46. The van der Waals surface area contributed by atoms with Gasteiger partial charge in [0.05, 0.1) is 0 Å². The molecule has 0 saturated heterocycles. The van der Waals surface area contributed by atoms with Crippen LogP contribution >= 0.6 is 0 Å². The zero-order valence-corrected chi connectivity index (χ0v) is 11.8. The largest absolute Gasteiger partial charge is 0.329 e. The molecule has 0 saturated carbocycles. The summed E-state index contributed by atoms with van der Waals surface area (Å²) in [6.45, 7) is 0. The molecular weight excluding hydrogens is 258 g/mol. The van der Waals surface area contributed by atoms with E-state index in [1.165, 1.54) is 5.56 Å². The second-order valence-corrected chi connectivity index (χ2v) is 5.19. The summed E-state index contributed by atoms with van der Waals surface area (Å²) in [5, 5.41) is 0. The van der Waals surface area contributed by atoms with Gasteiger partial charge in [-0.25, -0.2) is 0 Å². The second kappa shape index (κ2) is 6.23. The van der Waals surface area contributed by atoms with Crippen molar-refractivity contribution in [3.8, 4) is 0 Å². The van der Waals surface area contributed by atoms with Crippen LogP contribution < -0.4 is 5.56 Å². The highest BCUT2D eigenvalue weighted by molar-refractivity contribution is 5.30. The van der Waals surface area contributed by atoms with Crippen LogP contribution in [0.5, 0.6) is 0 Å². The van der Waals surface area contributed by atoms with Gasteiger partial charge in [0.2, 0.25) is 0 Å². The predicted molar refractivity (Wildman–Crippen MR) is 85.6 cm³/mol. The Labute approximate surface area is 124 Å². The van der Waals surface area contributed by atoms with E-state index in [4.69, 9.17) is 0 Å². The van der Waals surface area contributed by atoms with E-state index in [0.29, 0.717) is 6.42 Å². The van der Waals surface area contributed by atoms with Crippen molar-refractivity contribution in [1.82, 2.24) is 4.98 Å². The van der Waals surface area contributed by atoms with Gasteiger partial charge in [-0.1, -0.05) is 60.7 Å². The van der Waals surface area contributed by atoms with Gasteiger partial charge in [0.1, 0.15) is 0 Å². The van der Waals surface area contributed by atoms with E-state index in [9.17, 15) is 4.79 Å². The molecule has 104 valence electrons. The normalized spacial score (nSPS) is 10.5. The van der Waals surface area contributed by atoms with Crippen LogP contribution in [0, 0.1) is 0 Å². The number of pyridine rings is 1. The van der Waals surface area contributed by atoms with Gasteiger partial charge in [-0.3, -0.25) is 4.79 Å². The van der Waals surface area contributed by atoms with Crippen molar-refractivity contribution in [2.75, 3.05) is 0 Å². The summed E-state index contributed by atoms with van der Waals surface area (Å²) in [6, 6.07) is 22.4. The molecule has 0 fully saturated rings. The lowest BCUT2D eigenvalue weighted by molar-refractivity contribution is 1.05. The van der Waals surface area contributed by atoms with Crippen molar-refractivity contribution >= 4 is 0 Å². The Kier molecular flexibility index (Phi) is 3.97. The van der Waals surface area contributed by atoms with Crippen molar-refractivity contribution in [2.24, 2.45) is 0 Å². The van der Waals surface area contributed by atoms with E-state index < -0.39 is 0 Å².